The molecule has 0 amide bonds. The largest absolute Gasteiger partial charge is 0.488 e. The second kappa shape index (κ2) is 5.70. The Balaban J connectivity index is 1.96. The van der Waals surface area contributed by atoms with E-state index in [1.54, 1.807) is 0 Å². The van der Waals surface area contributed by atoms with Crippen LogP contribution in [0.5, 0.6) is 0 Å². The first-order valence-corrected chi connectivity index (χ1v) is 6.68. The Hall–Kier alpha value is -0.795. The standard InChI is InChI=1S/C14H21BO2/c1-2-3-4-5-11-8-12-6-7-14(15(16)17)10-13(12)9-11/h6-7,10-11,16-17H,2-5,8-9H2,1H3. The first-order valence-electron chi connectivity index (χ1n) is 6.68. The van der Waals surface area contributed by atoms with Crippen molar-refractivity contribution in [1.29, 1.82) is 0 Å². The van der Waals surface area contributed by atoms with Crippen LogP contribution in [0.25, 0.3) is 0 Å². The van der Waals surface area contributed by atoms with Crippen LogP contribution in [-0.4, -0.2) is 17.2 Å². The average molecular weight is 232 g/mol. The van der Waals surface area contributed by atoms with Crippen LogP contribution < -0.4 is 5.46 Å². The highest BCUT2D eigenvalue weighted by Gasteiger charge is 2.22. The summed E-state index contributed by atoms with van der Waals surface area (Å²) in [5.74, 6) is 0.766. The van der Waals surface area contributed by atoms with Crippen LogP contribution >= 0.6 is 0 Å². The van der Waals surface area contributed by atoms with Crippen LogP contribution in [0, 0.1) is 5.92 Å². The molecule has 0 bridgehead atoms. The molecule has 1 aromatic rings. The van der Waals surface area contributed by atoms with Crippen molar-refractivity contribution in [2.24, 2.45) is 5.92 Å². The Bertz CT molecular complexity index is 376. The lowest BCUT2D eigenvalue weighted by molar-refractivity contribution is 0.425. The summed E-state index contributed by atoms with van der Waals surface area (Å²) < 4.78 is 0. The summed E-state index contributed by atoms with van der Waals surface area (Å²) in [7, 11) is -1.33. The Morgan fingerprint density at radius 3 is 2.65 bits per heavy atom. The van der Waals surface area contributed by atoms with Crippen molar-refractivity contribution < 1.29 is 10.0 Å². The summed E-state index contributed by atoms with van der Waals surface area (Å²) in [6, 6.07) is 5.85. The van der Waals surface area contributed by atoms with Gasteiger partial charge < -0.3 is 10.0 Å². The first-order chi connectivity index (χ1) is 8.20. The third-order valence-electron chi connectivity index (χ3n) is 3.76. The highest BCUT2D eigenvalue weighted by Crippen LogP contribution is 2.29. The third-order valence-corrected chi connectivity index (χ3v) is 3.76. The fourth-order valence-electron chi connectivity index (χ4n) is 2.78. The molecule has 1 atom stereocenters. The van der Waals surface area contributed by atoms with E-state index in [1.807, 2.05) is 12.1 Å². The number of hydrogen-bond donors (Lipinski definition) is 2. The fourth-order valence-corrected chi connectivity index (χ4v) is 2.78. The van der Waals surface area contributed by atoms with Gasteiger partial charge in [0.15, 0.2) is 0 Å². The predicted molar refractivity (Wildman–Crippen MR) is 71.3 cm³/mol. The first kappa shape index (κ1) is 12.7. The van der Waals surface area contributed by atoms with Crippen molar-refractivity contribution in [2.75, 3.05) is 0 Å². The van der Waals surface area contributed by atoms with E-state index in [9.17, 15) is 0 Å². The van der Waals surface area contributed by atoms with Crippen LogP contribution in [0.15, 0.2) is 18.2 Å². The number of rotatable bonds is 5. The van der Waals surface area contributed by atoms with E-state index in [0.29, 0.717) is 5.46 Å². The van der Waals surface area contributed by atoms with E-state index in [1.165, 1.54) is 43.2 Å². The SMILES string of the molecule is CCCCCC1Cc2ccc(B(O)O)cc2C1. The van der Waals surface area contributed by atoms with Gasteiger partial charge in [0, 0.05) is 0 Å². The van der Waals surface area contributed by atoms with E-state index in [0.717, 1.165) is 12.3 Å². The lowest BCUT2D eigenvalue weighted by Gasteiger charge is -2.07. The van der Waals surface area contributed by atoms with E-state index in [4.69, 9.17) is 10.0 Å². The second-order valence-electron chi connectivity index (χ2n) is 5.17. The number of fused-ring (bicyclic) bond motifs is 1. The highest BCUT2D eigenvalue weighted by molar-refractivity contribution is 6.58. The van der Waals surface area contributed by atoms with Crippen LogP contribution in [0.4, 0.5) is 0 Å². The van der Waals surface area contributed by atoms with E-state index < -0.39 is 7.12 Å². The van der Waals surface area contributed by atoms with Crippen LogP contribution in [0.2, 0.25) is 0 Å². The number of unbranched alkanes of at least 4 members (excludes halogenated alkanes) is 2. The predicted octanol–water partition coefficient (Wildman–Crippen LogP) is 1.66. The molecule has 0 heterocycles. The van der Waals surface area contributed by atoms with E-state index in [2.05, 4.69) is 13.0 Å². The molecule has 2 N–H and O–H groups in total. The molecular formula is C14H21BO2. The van der Waals surface area contributed by atoms with Gasteiger partial charge in [-0.3, -0.25) is 0 Å². The fraction of sp³-hybridized carbons (Fsp3) is 0.571. The van der Waals surface area contributed by atoms with Crippen molar-refractivity contribution in [3.8, 4) is 0 Å². The Labute approximate surface area is 104 Å². The molecule has 0 saturated heterocycles. The van der Waals surface area contributed by atoms with Crippen molar-refractivity contribution in [3.05, 3.63) is 29.3 Å². The summed E-state index contributed by atoms with van der Waals surface area (Å²) in [5, 5.41) is 18.3. The van der Waals surface area contributed by atoms with Gasteiger partial charge in [0.05, 0.1) is 0 Å². The van der Waals surface area contributed by atoms with Gasteiger partial charge in [-0.25, -0.2) is 0 Å². The summed E-state index contributed by atoms with van der Waals surface area (Å²) in [5.41, 5.74) is 3.34. The van der Waals surface area contributed by atoms with E-state index in [-0.39, 0.29) is 0 Å². The van der Waals surface area contributed by atoms with Gasteiger partial charge in [0.2, 0.25) is 0 Å². The Kier molecular flexibility index (Phi) is 4.24. The maximum atomic E-state index is 9.15. The topological polar surface area (TPSA) is 40.5 Å². The normalized spacial score (nSPS) is 18.2. The van der Waals surface area contributed by atoms with Crippen molar-refractivity contribution in [2.45, 2.75) is 45.4 Å². The molecular weight excluding hydrogens is 211 g/mol. The Morgan fingerprint density at radius 2 is 1.94 bits per heavy atom. The smallest absolute Gasteiger partial charge is 0.423 e. The summed E-state index contributed by atoms with van der Waals surface area (Å²) in [6.07, 6.45) is 7.51. The Morgan fingerprint density at radius 1 is 1.18 bits per heavy atom. The van der Waals surface area contributed by atoms with Gasteiger partial charge in [-0.15, -0.1) is 0 Å². The van der Waals surface area contributed by atoms with Gasteiger partial charge in [-0.1, -0.05) is 44.4 Å². The van der Waals surface area contributed by atoms with Crippen molar-refractivity contribution in [1.82, 2.24) is 0 Å². The van der Waals surface area contributed by atoms with Crippen LogP contribution in [0.1, 0.15) is 43.7 Å². The molecule has 2 nitrogen and oxygen atoms in total. The molecule has 2 rings (SSSR count). The monoisotopic (exact) mass is 232 g/mol. The maximum Gasteiger partial charge on any atom is 0.488 e. The summed E-state index contributed by atoms with van der Waals surface area (Å²) >= 11 is 0. The number of benzene rings is 1. The number of hydrogen-bond acceptors (Lipinski definition) is 2. The molecule has 17 heavy (non-hydrogen) atoms. The average Bonchev–Trinajstić information content (AvgIpc) is 2.70. The summed E-state index contributed by atoms with van der Waals surface area (Å²) in [4.78, 5) is 0. The second-order valence-corrected chi connectivity index (χ2v) is 5.17. The molecule has 0 spiro atoms. The molecule has 1 unspecified atom stereocenters. The zero-order valence-electron chi connectivity index (χ0n) is 10.5. The van der Waals surface area contributed by atoms with Gasteiger partial charge >= 0.3 is 7.12 Å². The molecule has 1 aliphatic carbocycles. The lowest BCUT2D eigenvalue weighted by Crippen LogP contribution is -2.29. The molecule has 3 heteroatoms. The molecule has 1 aliphatic rings. The minimum Gasteiger partial charge on any atom is -0.423 e. The van der Waals surface area contributed by atoms with Crippen molar-refractivity contribution >= 4 is 12.6 Å². The van der Waals surface area contributed by atoms with Crippen LogP contribution in [0.3, 0.4) is 0 Å². The van der Waals surface area contributed by atoms with Gasteiger partial charge in [-0.2, -0.15) is 0 Å². The third kappa shape index (κ3) is 3.11. The van der Waals surface area contributed by atoms with E-state index >= 15 is 0 Å². The molecule has 0 fully saturated rings. The zero-order chi connectivity index (χ0) is 12.3. The zero-order valence-corrected chi connectivity index (χ0v) is 10.5. The van der Waals surface area contributed by atoms with Gasteiger partial charge in [-0.05, 0) is 41.8 Å². The highest BCUT2D eigenvalue weighted by atomic mass is 16.4. The molecule has 92 valence electrons. The molecule has 0 saturated carbocycles. The molecule has 0 radical (unpaired) electrons. The van der Waals surface area contributed by atoms with Gasteiger partial charge in [0.25, 0.3) is 0 Å². The molecule has 0 aliphatic heterocycles. The quantitative estimate of drug-likeness (QED) is 0.598. The van der Waals surface area contributed by atoms with Gasteiger partial charge in [0.1, 0.15) is 0 Å². The van der Waals surface area contributed by atoms with Crippen LogP contribution in [-0.2, 0) is 12.8 Å². The summed E-state index contributed by atoms with van der Waals surface area (Å²) in [6.45, 7) is 2.23. The lowest BCUT2D eigenvalue weighted by atomic mass is 9.79. The minimum absolute atomic E-state index is 0.623. The van der Waals surface area contributed by atoms with Crippen molar-refractivity contribution in [3.63, 3.8) is 0 Å². The molecule has 0 aromatic heterocycles. The minimum atomic E-state index is -1.33. The molecule has 1 aromatic carbocycles. The maximum absolute atomic E-state index is 9.15.